The number of nitriles is 1. The van der Waals surface area contributed by atoms with E-state index in [1.54, 1.807) is 0 Å². The zero-order chi connectivity index (χ0) is 9.10. The lowest BCUT2D eigenvalue weighted by atomic mass is 10.1. The summed E-state index contributed by atoms with van der Waals surface area (Å²) in [7, 11) is 0. The van der Waals surface area contributed by atoms with E-state index in [9.17, 15) is 0 Å². The van der Waals surface area contributed by atoms with Crippen LogP contribution in [0.5, 0.6) is 0 Å². The topological polar surface area (TPSA) is 36.3 Å². The average molecular weight is 180 g/mol. The van der Waals surface area contributed by atoms with Crippen LogP contribution in [0.2, 0.25) is 0 Å². The van der Waals surface area contributed by atoms with Gasteiger partial charge in [0.2, 0.25) is 0 Å². The predicted molar refractivity (Wildman–Crippen MR) is 49.1 cm³/mol. The Morgan fingerprint density at radius 2 is 2.00 bits per heavy atom. The third-order valence-corrected chi connectivity index (χ3v) is 3.15. The van der Waals surface area contributed by atoms with Gasteiger partial charge in [-0.15, -0.1) is 0 Å². The molecule has 13 heavy (non-hydrogen) atoms. The zero-order valence-electron chi connectivity index (χ0n) is 7.91. The number of nitrogens with zero attached hydrogens (tertiary/aromatic N) is 2. The molecule has 0 radical (unpaired) electrons. The van der Waals surface area contributed by atoms with Gasteiger partial charge in [-0.05, 0) is 19.3 Å². The van der Waals surface area contributed by atoms with Crippen LogP contribution in [0.25, 0.3) is 0 Å². The Balaban J connectivity index is 1.84. The molecule has 2 aliphatic rings. The first-order valence-corrected chi connectivity index (χ1v) is 5.11. The van der Waals surface area contributed by atoms with Crippen LogP contribution < -0.4 is 0 Å². The van der Waals surface area contributed by atoms with E-state index in [0.29, 0.717) is 12.0 Å². The zero-order valence-corrected chi connectivity index (χ0v) is 7.91. The van der Waals surface area contributed by atoms with Crippen molar-refractivity contribution < 1.29 is 4.74 Å². The van der Waals surface area contributed by atoms with Gasteiger partial charge in [-0.3, -0.25) is 4.90 Å². The second-order valence-electron chi connectivity index (χ2n) is 3.94. The van der Waals surface area contributed by atoms with E-state index in [2.05, 4.69) is 11.0 Å². The van der Waals surface area contributed by atoms with E-state index >= 15 is 0 Å². The van der Waals surface area contributed by atoms with Gasteiger partial charge in [0.1, 0.15) is 0 Å². The van der Waals surface area contributed by atoms with E-state index in [-0.39, 0.29) is 0 Å². The molecule has 0 bridgehead atoms. The Morgan fingerprint density at radius 1 is 1.23 bits per heavy atom. The quantitative estimate of drug-likeness (QED) is 0.604. The van der Waals surface area contributed by atoms with E-state index < -0.39 is 0 Å². The Hall–Kier alpha value is -0.590. The minimum absolute atomic E-state index is 0.313. The first kappa shape index (κ1) is 8.98. The highest BCUT2D eigenvalue weighted by atomic mass is 16.5. The lowest BCUT2D eigenvalue weighted by molar-refractivity contribution is 0.0176. The maximum Gasteiger partial charge on any atom is 0.0656 e. The van der Waals surface area contributed by atoms with Crippen molar-refractivity contribution in [2.45, 2.75) is 25.3 Å². The summed E-state index contributed by atoms with van der Waals surface area (Å²) in [6, 6.07) is 3.04. The summed E-state index contributed by atoms with van der Waals surface area (Å²) in [6.07, 6.45) is 3.38. The molecule has 1 aliphatic heterocycles. The molecule has 2 unspecified atom stereocenters. The monoisotopic (exact) mass is 180 g/mol. The molecule has 3 nitrogen and oxygen atoms in total. The lowest BCUT2D eigenvalue weighted by Gasteiger charge is -2.31. The first-order chi connectivity index (χ1) is 6.40. The van der Waals surface area contributed by atoms with Crippen molar-refractivity contribution in [3.63, 3.8) is 0 Å². The van der Waals surface area contributed by atoms with E-state index in [1.165, 1.54) is 6.42 Å². The van der Waals surface area contributed by atoms with Crippen LogP contribution in [0, 0.1) is 17.2 Å². The van der Waals surface area contributed by atoms with Gasteiger partial charge in [-0.25, -0.2) is 0 Å². The summed E-state index contributed by atoms with van der Waals surface area (Å²) in [5.74, 6) is 0.313. The predicted octanol–water partition coefficient (Wildman–Crippen LogP) is 1.01. The van der Waals surface area contributed by atoms with Gasteiger partial charge >= 0.3 is 0 Å². The van der Waals surface area contributed by atoms with Crippen LogP contribution in [0.1, 0.15) is 19.3 Å². The van der Waals surface area contributed by atoms with Crippen molar-refractivity contribution in [2.75, 3.05) is 26.3 Å². The van der Waals surface area contributed by atoms with Crippen molar-refractivity contribution in [1.82, 2.24) is 4.90 Å². The van der Waals surface area contributed by atoms with Gasteiger partial charge in [-0.1, -0.05) is 0 Å². The molecule has 1 aliphatic carbocycles. The summed E-state index contributed by atoms with van der Waals surface area (Å²) in [4.78, 5) is 2.49. The summed E-state index contributed by atoms with van der Waals surface area (Å²) >= 11 is 0. The number of hydrogen-bond acceptors (Lipinski definition) is 3. The number of rotatable bonds is 1. The fourth-order valence-corrected chi connectivity index (χ4v) is 2.35. The summed E-state index contributed by atoms with van der Waals surface area (Å²) in [6.45, 7) is 3.85. The third-order valence-electron chi connectivity index (χ3n) is 3.15. The average Bonchev–Trinajstić information content (AvgIpc) is 2.67. The van der Waals surface area contributed by atoms with Crippen LogP contribution in [0.3, 0.4) is 0 Å². The highest BCUT2D eigenvalue weighted by Gasteiger charge is 2.29. The Labute approximate surface area is 79.3 Å². The maximum absolute atomic E-state index is 8.79. The molecule has 0 aromatic rings. The molecule has 2 fully saturated rings. The molecule has 72 valence electrons. The third kappa shape index (κ3) is 2.01. The molecule has 0 aromatic carbocycles. The normalized spacial score (nSPS) is 35.9. The largest absolute Gasteiger partial charge is 0.379 e. The standard InChI is InChI=1S/C10H16N2O/c11-8-9-1-2-10(7-9)12-3-5-13-6-4-12/h9-10H,1-7H2. The molecule has 1 saturated carbocycles. The van der Waals surface area contributed by atoms with Crippen LogP contribution in [-0.2, 0) is 4.74 Å². The van der Waals surface area contributed by atoms with E-state index in [0.717, 1.165) is 39.1 Å². The summed E-state index contributed by atoms with van der Waals surface area (Å²) < 4.78 is 5.31. The molecule has 3 heteroatoms. The van der Waals surface area contributed by atoms with E-state index in [1.807, 2.05) is 0 Å². The highest BCUT2D eigenvalue weighted by Crippen LogP contribution is 2.28. The molecule has 1 heterocycles. The van der Waals surface area contributed by atoms with Gasteiger partial charge in [0.25, 0.3) is 0 Å². The molecule has 2 rings (SSSR count). The van der Waals surface area contributed by atoms with Crippen molar-refractivity contribution in [3.05, 3.63) is 0 Å². The lowest BCUT2D eigenvalue weighted by Crippen LogP contribution is -2.42. The second kappa shape index (κ2) is 4.08. The molecular formula is C10H16N2O. The Morgan fingerprint density at radius 3 is 2.62 bits per heavy atom. The molecule has 0 N–H and O–H groups in total. The summed E-state index contributed by atoms with van der Waals surface area (Å²) in [5.41, 5.74) is 0. The first-order valence-electron chi connectivity index (χ1n) is 5.11. The number of morpholine rings is 1. The van der Waals surface area contributed by atoms with Gasteiger partial charge in [-0.2, -0.15) is 5.26 Å². The SMILES string of the molecule is N#CC1CCC(N2CCOCC2)C1. The maximum atomic E-state index is 8.79. The fourth-order valence-electron chi connectivity index (χ4n) is 2.35. The minimum Gasteiger partial charge on any atom is -0.379 e. The summed E-state index contributed by atoms with van der Waals surface area (Å²) in [5, 5.41) is 8.79. The number of hydrogen-bond donors (Lipinski definition) is 0. The van der Waals surface area contributed by atoms with Gasteiger partial charge in [0.15, 0.2) is 0 Å². The minimum atomic E-state index is 0.313. The van der Waals surface area contributed by atoms with E-state index in [4.69, 9.17) is 10.00 Å². The smallest absolute Gasteiger partial charge is 0.0656 e. The number of ether oxygens (including phenoxy) is 1. The van der Waals surface area contributed by atoms with Gasteiger partial charge in [0, 0.05) is 25.0 Å². The Bertz CT molecular complexity index is 205. The van der Waals surface area contributed by atoms with Crippen LogP contribution in [0.15, 0.2) is 0 Å². The fraction of sp³-hybridized carbons (Fsp3) is 0.900. The molecule has 1 saturated heterocycles. The van der Waals surface area contributed by atoms with Crippen LogP contribution in [-0.4, -0.2) is 37.2 Å². The van der Waals surface area contributed by atoms with Crippen molar-refractivity contribution in [3.8, 4) is 6.07 Å². The highest BCUT2D eigenvalue weighted by molar-refractivity contribution is 4.93. The van der Waals surface area contributed by atoms with Crippen LogP contribution in [0.4, 0.5) is 0 Å². The Kier molecular flexibility index (Phi) is 2.82. The van der Waals surface area contributed by atoms with Crippen molar-refractivity contribution >= 4 is 0 Å². The van der Waals surface area contributed by atoms with Crippen molar-refractivity contribution in [2.24, 2.45) is 5.92 Å². The molecule has 0 spiro atoms. The molecular weight excluding hydrogens is 164 g/mol. The van der Waals surface area contributed by atoms with Gasteiger partial charge in [0.05, 0.1) is 19.3 Å². The van der Waals surface area contributed by atoms with Crippen LogP contribution >= 0.6 is 0 Å². The van der Waals surface area contributed by atoms with Gasteiger partial charge < -0.3 is 4.74 Å². The van der Waals surface area contributed by atoms with Crippen molar-refractivity contribution in [1.29, 1.82) is 5.26 Å². The molecule has 0 amide bonds. The second-order valence-corrected chi connectivity index (χ2v) is 3.94. The molecule has 2 atom stereocenters. The molecule has 0 aromatic heterocycles.